The van der Waals surface area contributed by atoms with E-state index in [-0.39, 0.29) is 6.29 Å². The van der Waals surface area contributed by atoms with Gasteiger partial charge in [-0.05, 0) is 44.3 Å². The van der Waals surface area contributed by atoms with Crippen LogP contribution in [-0.4, -0.2) is 19.5 Å². The van der Waals surface area contributed by atoms with Crippen LogP contribution in [0.1, 0.15) is 44.9 Å². The van der Waals surface area contributed by atoms with Crippen LogP contribution in [0, 0.1) is 0 Å². The SMILES string of the molecule is O=P(C=CCCCCCOC1CCCCO1)(c1ccccc1)c1ccccc1. The highest BCUT2D eigenvalue weighted by Gasteiger charge is 2.23. The molecule has 2 aromatic carbocycles. The van der Waals surface area contributed by atoms with Gasteiger partial charge in [-0.2, -0.15) is 0 Å². The Labute approximate surface area is 169 Å². The van der Waals surface area contributed by atoms with Gasteiger partial charge in [-0.25, -0.2) is 0 Å². The molecule has 1 fully saturated rings. The molecule has 4 heteroatoms. The van der Waals surface area contributed by atoms with Gasteiger partial charge in [0.1, 0.15) is 0 Å². The molecule has 1 heterocycles. The lowest BCUT2D eigenvalue weighted by atomic mass is 10.2. The number of unbranched alkanes of at least 4 members (excludes halogenated alkanes) is 3. The van der Waals surface area contributed by atoms with Crippen LogP contribution in [0.5, 0.6) is 0 Å². The maximum absolute atomic E-state index is 13.8. The normalized spacial score (nSPS) is 17.8. The predicted molar refractivity (Wildman–Crippen MR) is 117 cm³/mol. The van der Waals surface area contributed by atoms with Gasteiger partial charge in [-0.3, -0.25) is 0 Å². The van der Waals surface area contributed by atoms with Crippen LogP contribution in [0.15, 0.2) is 72.6 Å². The van der Waals surface area contributed by atoms with Crippen LogP contribution in [0.25, 0.3) is 0 Å². The fourth-order valence-corrected chi connectivity index (χ4v) is 5.76. The van der Waals surface area contributed by atoms with Gasteiger partial charge in [0.25, 0.3) is 0 Å². The number of allylic oxidation sites excluding steroid dienone is 1. The molecule has 1 aliphatic rings. The second kappa shape index (κ2) is 11.4. The minimum Gasteiger partial charge on any atom is -0.353 e. The molecule has 3 nitrogen and oxygen atoms in total. The minimum absolute atomic E-state index is 0.0104. The fraction of sp³-hybridized carbons (Fsp3) is 0.417. The van der Waals surface area contributed by atoms with Gasteiger partial charge in [-0.1, -0.05) is 73.2 Å². The number of rotatable bonds is 10. The van der Waals surface area contributed by atoms with Crippen LogP contribution in [-0.2, 0) is 14.0 Å². The second-order valence-corrected chi connectivity index (χ2v) is 9.88. The third-order valence-electron chi connectivity index (χ3n) is 5.05. The highest BCUT2D eigenvalue weighted by molar-refractivity contribution is 7.81. The maximum Gasteiger partial charge on any atom is 0.163 e. The first-order valence-corrected chi connectivity index (χ1v) is 12.2. The smallest absolute Gasteiger partial charge is 0.163 e. The number of ether oxygens (including phenoxy) is 2. The third-order valence-corrected chi connectivity index (χ3v) is 7.81. The van der Waals surface area contributed by atoms with Crippen molar-refractivity contribution >= 4 is 17.8 Å². The molecule has 1 atom stereocenters. The van der Waals surface area contributed by atoms with Gasteiger partial charge in [0.15, 0.2) is 13.4 Å². The van der Waals surface area contributed by atoms with Crippen LogP contribution in [0.3, 0.4) is 0 Å². The van der Waals surface area contributed by atoms with Gasteiger partial charge in [0.05, 0.1) is 0 Å². The summed E-state index contributed by atoms with van der Waals surface area (Å²) in [5.41, 5.74) is 0. The van der Waals surface area contributed by atoms with Crippen molar-refractivity contribution in [1.29, 1.82) is 0 Å². The molecular weight excluding hydrogens is 367 g/mol. The molecule has 2 aromatic rings. The number of hydrogen-bond acceptors (Lipinski definition) is 3. The van der Waals surface area contributed by atoms with E-state index in [0.29, 0.717) is 0 Å². The average Bonchev–Trinajstić information content (AvgIpc) is 2.77. The monoisotopic (exact) mass is 398 g/mol. The average molecular weight is 398 g/mol. The van der Waals surface area contributed by atoms with Crippen LogP contribution in [0.2, 0.25) is 0 Å². The second-order valence-electron chi connectivity index (χ2n) is 7.23. The van der Waals surface area contributed by atoms with Gasteiger partial charge in [-0.15, -0.1) is 0 Å². The minimum atomic E-state index is -2.73. The Bertz CT molecular complexity index is 708. The zero-order valence-electron chi connectivity index (χ0n) is 16.5. The molecule has 0 spiro atoms. The molecule has 0 aliphatic carbocycles. The van der Waals surface area contributed by atoms with E-state index in [1.807, 2.05) is 66.5 Å². The van der Waals surface area contributed by atoms with Crippen molar-refractivity contribution in [2.75, 3.05) is 13.2 Å². The summed E-state index contributed by atoms with van der Waals surface area (Å²) in [6, 6.07) is 19.6. The lowest BCUT2D eigenvalue weighted by Gasteiger charge is -2.22. The molecule has 3 rings (SSSR count). The molecule has 1 aliphatic heterocycles. The Morgan fingerprint density at radius 2 is 1.61 bits per heavy atom. The Morgan fingerprint density at radius 3 is 2.21 bits per heavy atom. The molecule has 0 radical (unpaired) electrons. The van der Waals surface area contributed by atoms with E-state index < -0.39 is 7.14 Å². The van der Waals surface area contributed by atoms with Gasteiger partial charge in [0, 0.05) is 23.8 Å². The fourth-order valence-electron chi connectivity index (χ4n) is 3.44. The zero-order valence-corrected chi connectivity index (χ0v) is 17.4. The molecule has 1 unspecified atom stereocenters. The number of benzene rings is 2. The third kappa shape index (κ3) is 6.17. The van der Waals surface area contributed by atoms with E-state index in [1.165, 1.54) is 6.42 Å². The molecule has 0 aromatic heterocycles. The summed E-state index contributed by atoms with van der Waals surface area (Å²) in [6.45, 7) is 1.60. The van der Waals surface area contributed by atoms with E-state index in [2.05, 4.69) is 6.08 Å². The van der Waals surface area contributed by atoms with E-state index in [1.54, 1.807) is 0 Å². The van der Waals surface area contributed by atoms with Crippen molar-refractivity contribution in [3.05, 3.63) is 72.6 Å². The first-order chi connectivity index (χ1) is 13.8. The summed E-state index contributed by atoms with van der Waals surface area (Å²) in [6.07, 6.45) is 9.65. The molecule has 1 saturated heterocycles. The Kier molecular flexibility index (Phi) is 8.54. The molecule has 28 heavy (non-hydrogen) atoms. The molecule has 150 valence electrons. The molecule has 0 saturated carbocycles. The van der Waals surface area contributed by atoms with Crippen LogP contribution in [0.4, 0.5) is 0 Å². The van der Waals surface area contributed by atoms with Gasteiger partial charge >= 0.3 is 0 Å². The molecule has 0 bridgehead atoms. The zero-order chi connectivity index (χ0) is 19.5. The van der Waals surface area contributed by atoms with E-state index >= 15 is 0 Å². The molecular formula is C24H31O3P. The first-order valence-electron chi connectivity index (χ1n) is 10.4. The highest BCUT2D eigenvalue weighted by atomic mass is 31.2. The predicted octanol–water partition coefficient (Wildman–Crippen LogP) is 5.62. The summed E-state index contributed by atoms with van der Waals surface area (Å²) >= 11 is 0. The van der Waals surface area contributed by atoms with Crippen molar-refractivity contribution < 1.29 is 14.0 Å². The van der Waals surface area contributed by atoms with E-state index in [4.69, 9.17) is 9.47 Å². The van der Waals surface area contributed by atoms with E-state index in [9.17, 15) is 4.57 Å². The summed E-state index contributed by atoms with van der Waals surface area (Å²) in [4.78, 5) is 0. The Balaban J connectivity index is 1.47. The summed E-state index contributed by atoms with van der Waals surface area (Å²) in [5, 5.41) is 1.77. The van der Waals surface area contributed by atoms with Crippen molar-refractivity contribution in [3.8, 4) is 0 Å². The molecule has 0 amide bonds. The standard InChI is InChI=1S/C24H31O3P/c25-28(22-14-6-4-7-15-22,23-16-8-5-9-17-23)21-13-3-1-2-11-19-26-24-18-10-12-20-27-24/h4-9,13-17,21,24H,1-3,10-12,18-20H2. The van der Waals surface area contributed by atoms with Crippen molar-refractivity contribution in [2.24, 2.45) is 0 Å². The lowest BCUT2D eigenvalue weighted by molar-refractivity contribution is -0.162. The van der Waals surface area contributed by atoms with Gasteiger partial charge in [0.2, 0.25) is 0 Å². The molecule has 0 N–H and O–H groups in total. The Morgan fingerprint density at radius 1 is 0.929 bits per heavy atom. The van der Waals surface area contributed by atoms with Crippen molar-refractivity contribution in [2.45, 2.75) is 51.2 Å². The Hall–Kier alpha value is -1.67. The lowest BCUT2D eigenvalue weighted by Crippen LogP contribution is -2.22. The van der Waals surface area contributed by atoms with Crippen molar-refractivity contribution in [1.82, 2.24) is 0 Å². The largest absolute Gasteiger partial charge is 0.353 e. The van der Waals surface area contributed by atoms with Gasteiger partial charge < -0.3 is 14.0 Å². The topological polar surface area (TPSA) is 35.5 Å². The van der Waals surface area contributed by atoms with Crippen molar-refractivity contribution in [3.63, 3.8) is 0 Å². The summed E-state index contributed by atoms with van der Waals surface area (Å²) in [5.74, 6) is 1.93. The highest BCUT2D eigenvalue weighted by Crippen LogP contribution is 2.45. The maximum atomic E-state index is 13.8. The van der Waals surface area contributed by atoms with Crippen LogP contribution >= 0.6 is 7.14 Å². The summed E-state index contributed by atoms with van der Waals surface area (Å²) < 4.78 is 25.2. The quantitative estimate of drug-likeness (QED) is 0.385. The van der Waals surface area contributed by atoms with Crippen LogP contribution < -0.4 is 10.6 Å². The summed E-state index contributed by atoms with van der Waals surface area (Å²) in [7, 11) is -2.73. The van der Waals surface area contributed by atoms with E-state index in [0.717, 1.165) is 62.3 Å². The number of hydrogen-bond donors (Lipinski definition) is 0. The first kappa shape index (κ1) is 21.0.